The monoisotopic (exact) mass is 526 g/mol. The van der Waals surface area contributed by atoms with Gasteiger partial charge >= 0.3 is 29.6 Å². The molecule has 0 amide bonds. The minimum absolute atomic E-state index is 0.00359. The lowest BCUT2D eigenvalue weighted by Crippen LogP contribution is -2.38. The molecule has 0 spiro atoms. The number of aliphatic hydroxyl groups excluding tert-OH is 2. The van der Waals surface area contributed by atoms with Crippen LogP contribution in [0.15, 0.2) is 9.59 Å². The zero-order valence-electron chi connectivity index (χ0n) is 15.9. The molecule has 1 aliphatic heterocycles. The Bertz CT molecular complexity index is 1070. The topological polar surface area (TPSA) is 279 Å². The number of aromatic amines is 1. The van der Waals surface area contributed by atoms with Gasteiger partial charge in [0.1, 0.15) is 31.0 Å². The van der Waals surface area contributed by atoms with Crippen molar-refractivity contribution in [2.24, 2.45) is 12.8 Å². The lowest BCUT2D eigenvalue weighted by Gasteiger charge is -2.18. The summed E-state index contributed by atoms with van der Waals surface area (Å²) in [4.78, 5) is 43.9. The van der Waals surface area contributed by atoms with Crippen molar-refractivity contribution in [3.8, 4) is 0 Å². The van der Waals surface area contributed by atoms with E-state index in [1.54, 1.807) is 0 Å². The molecule has 0 aromatic carbocycles. The highest BCUT2D eigenvalue weighted by Crippen LogP contribution is 2.63. The first kappa shape index (κ1) is 27.0. The van der Waals surface area contributed by atoms with Crippen LogP contribution in [0.4, 0.5) is 0 Å². The van der Waals surface area contributed by atoms with E-state index in [9.17, 15) is 38.4 Å². The first-order chi connectivity index (χ1) is 14.7. The molecule has 3 unspecified atom stereocenters. The van der Waals surface area contributed by atoms with E-state index in [4.69, 9.17) is 20.6 Å². The maximum absolute atomic E-state index is 12.2. The van der Waals surface area contributed by atoms with E-state index in [0.717, 1.165) is 4.57 Å². The fraction of sp³-hybridized carbons (Fsp3) is 0.636. The van der Waals surface area contributed by atoms with Gasteiger partial charge in [0.05, 0.1) is 5.56 Å². The van der Waals surface area contributed by atoms with E-state index in [0.29, 0.717) is 0 Å². The van der Waals surface area contributed by atoms with Gasteiger partial charge in [-0.2, -0.15) is 4.31 Å². The van der Waals surface area contributed by atoms with Crippen molar-refractivity contribution < 1.29 is 61.5 Å². The lowest BCUT2D eigenvalue weighted by molar-refractivity contribution is -0.157. The van der Waals surface area contributed by atoms with Crippen LogP contribution in [0.1, 0.15) is 17.4 Å². The summed E-state index contributed by atoms with van der Waals surface area (Å²) in [6.07, 6.45) is -6.38. The number of hydrogen-bond acceptors (Lipinski definition) is 14. The number of hydrogen-bond donors (Lipinski definition) is 7. The highest BCUT2D eigenvalue weighted by molar-refractivity contribution is 7.64. The molecule has 182 valence electrons. The van der Waals surface area contributed by atoms with E-state index < -0.39 is 66.2 Å². The molecule has 0 radical (unpaired) electrons. The van der Waals surface area contributed by atoms with Gasteiger partial charge in [-0.1, -0.05) is 0 Å². The molecule has 1 aromatic rings. The molecule has 7 atom stereocenters. The average molecular weight is 526 g/mol. The van der Waals surface area contributed by atoms with Crippen LogP contribution in [-0.2, 0) is 49.8 Å². The van der Waals surface area contributed by atoms with E-state index in [1.807, 2.05) is 4.98 Å². The van der Waals surface area contributed by atoms with Gasteiger partial charge in [0, 0.05) is 23.9 Å². The number of nitrogens with zero attached hydrogens (tertiary/aromatic N) is 1. The summed E-state index contributed by atoms with van der Waals surface area (Å²) in [5, 5.41) is 28.5. The molecule has 18 nitrogen and oxygen atoms in total. The number of aromatic nitrogens is 2. The zero-order chi connectivity index (χ0) is 24.4. The van der Waals surface area contributed by atoms with Gasteiger partial charge < -0.3 is 25.6 Å². The van der Waals surface area contributed by atoms with Gasteiger partial charge in [-0.15, -0.1) is 9.20 Å². The Morgan fingerprint density at radius 3 is 2.41 bits per heavy atom. The van der Waals surface area contributed by atoms with Gasteiger partial charge in [0.15, 0.2) is 0 Å². The van der Waals surface area contributed by atoms with E-state index in [2.05, 4.69) is 17.8 Å². The fourth-order valence-electron chi connectivity index (χ4n) is 2.75. The van der Waals surface area contributed by atoms with Crippen LogP contribution in [0.5, 0.6) is 0 Å². The first-order valence-electron chi connectivity index (χ1n) is 8.26. The number of nitrogens with two attached hydrogens (primary N) is 1. The van der Waals surface area contributed by atoms with Gasteiger partial charge in [-0.05, 0) is 4.31 Å². The number of aliphatic hydroxyl groups is 2. The van der Waals surface area contributed by atoms with Crippen LogP contribution < -0.4 is 17.0 Å². The number of nitrogens with one attached hydrogen (secondary N) is 1. The molecule has 0 bridgehead atoms. The summed E-state index contributed by atoms with van der Waals surface area (Å²) < 4.78 is 55.4. The van der Waals surface area contributed by atoms with Crippen molar-refractivity contribution in [2.75, 3.05) is 6.61 Å². The summed E-state index contributed by atoms with van der Waals surface area (Å²) in [7, 11) is -13.2. The smallest absolute Gasteiger partial charge is 0.387 e. The SMILES string of the molecule is Cn1c(CN)c([C@@H]2O[C@H](CO[P+](=O)OP(=O)(O)OP(=O)(O)OO)[C@@H](O)[C@H]2O)c(=O)[nH]c1=O. The van der Waals surface area contributed by atoms with Gasteiger partial charge in [-0.25, -0.2) is 19.2 Å². The predicted molar refractivity (Wildman–Crippen MR) is 98.9 cm³/mol. The van der Waals surface area contributed by atoms with Crippen LogP contribution in [-0.4, -0.2) is 59.7 Å². The molecule has 2 heterocycles. The predicted octanol–water partition coefficient (Wildman–Crippen LogP) is -1.91. The number of phosphoric acid groups is 2. The standard InChI is InChI=1S/C11H18N3O15P3/c1-14-4(2-12)6(10(17)13-11(14)18)9-8(16)7(15)5(26-9)3-25-30(20)28-32(23,24)29-31(21,22)27-19/h5,7-9,15-16H,2-3,12H2,1H3,(H3-,13,17,18,19,21,22,23,24)/p+1/t5-,7-,8-,9+/m1/s1. The van der Waals surface area contributed by atoms with Crippen LogP contribution >= 0.6 is 23.9 Å². The summed E-state index contributed by atoms with van der Waals surface area (Å²) in [6, 6.07) is 0. The Balaban J connectivity index is 2.11. The third-order valence-electron chi connectivity index (χ3n) is 4.15. The molecular weight excluding hydrogens is 507 g/mol. The zero-order valence-corrected chi connectivity index (χ0v) is 18.6. The summed E-state index contributed by atoms with van der Waals surface area (Å²) in [5.74, 6) is 0. The minimum Gasteiger partial charge on any atom is -0.387 e. The van der Waals surface area contributed by atoms with E-state index >= 15 is 0 Å². The van der Waals surface area contributed by atoms with Crippen LogP contribution in [0, 0.1) is 0 Å². The molecular formula is C11H19N3O15P3+. The molecule has 1 fully saturated rings. The highest BCUT2D eigenvalue weighted by Gasteiger charge is 2.49. The molecule has 21 heteroatoms. The van der Waals surface area contributed by atoms with Gasteiger partial charge in [0.2, 0.25) is 0 Å². The molecule has 32 heavy (non-hydrogen) atoms. The molecule has 0 aliphatic carbocycles. The first-order valence-corrected chi connectivity index (χ1v) is 12.3. The molecule has 0 saturated carbocycles. The third kappa shape index (κ3) is 6.22. The van der Waals surface area contributed by atoms with E-state index in [1.165, 1.54) is 7.05 Å². The Morgan fingerprint density at radius 2 is 1.84 bits per heavy atom. The van der Waals surface area contributed by atoms with Crippen molar-refractivity contribution >= 4 is 23.9 Å². The van der Waals surface area contributed by atoms with Crippen molar-refractivity contribution in [3.63, 3.8) is 0 Å². The third-order valence-corrected chi connectivity index (χ3v) is 7.73. The second-order valence-corrected chi connectivity index (χ2v) is 10.2. The summed E-state index contributed by atoms with van der Waals surface area (Å²) >= 11 is 0. The minimum atomic E-state index is -5.51. The largest absolute Gasteiger partial charge is 0.708 e. The Hall–Kier alpha value is -1.20. The van der Waals surface area contributed by atoms with Gasteiger partial charge in [0.25, 0.3) is 5.56 Å². The van der Waals surface area contributed by atoms with Crippen LogP contribution in [0.2, 0.25) is 0 Å². The second kappa shape index (κ2) is 10.4. The van der Waals surface area contributed by atoms with Gasteiger partial charge in [-0.3, -0.25) is 19.2 Å². The summed E-state index contributed by atoms with van der Waals surface area (Å²) in [5.41, 5.74) is 3.61. The quantitative estimate of drug-likeness (QED) is 0.0995. The maximum atomic E-state index is 12.2. The molecule has 2 rings (SSSR count). The van der Waals surface area contributed by atoms with Crippen LogP contribution in [0.3, 0.4) is 0 Å². The lowest BCUT2D eigenvalue weighted by atomic mass is 10.0. The highest BCUT2D eigenvalue weighted by atomic mass is 31.3. The van der Waals surface area contributed by atoms with Crippen molar-refractivity contribution in [2.45, 2.75) is 31.0 Å². The Labute approximate surface area is 178 Å². The molecule has 1 aliphatic rings. The van der Waals surface area contributed by atoms with Crippen molar-refractivity contribution in [3.05, 3.63) is 32.1 Å². The van der Waals surface area contributed by atoms with Crippen molar-refractivity contribution in [1.29, 1.82) is 0 Å². The number of H-pyrrole nitrogens is 1. The number of ether oxygens (including phenoxy) is 1. The van der Waals surface area contributed by atoms with Crippen molar-refractivity contribution in [1.82, 2.24) is 9.55 Å². The normalized spacial score (nSPS) is 27.7. The maximum Gasteiger partial charge on any atom is 0.708 e. The molecule has 8 N–H and O–H groups in total. The Morgan fingerprint density at radius 1 is 1.22 bits per heavy atom. The molecule has 1 aromatic heterocycles. The second-order valence-electron chi connectivity index (χ2n) is 6.16. The van der Waals surface area contributed by atoms with Crippen LogP contribution in [0.25, 0.3) is 0 Å². The number of rotatable bonds is 10. The summed E-state index contributed by atoms with van der Waals surface area (Å²) in [6.45, 7) is -1.13. The fourth-order valence-corrected chi connectivity index (χ4v) is 5.43. The molecule has 1 saturated heterocycles. The average Bonchev–Trinajstić information content (AvgIpc) is 2.95. The Kier molecular flexibility index (Phi) is 8.77. The van der Waals surface area contributed by atoms with E-state index in [-0.39, 0.29) is 17.8 Å².